The third kappa shape index (κ3) is 4.90. The molecule has 1 saturated heterocycles. The highest BCUT2D eigenvalue weighted by atomic mass is 16.5. The molecule has 0 bridgehead atoms. The number of aliphatic hydroxyl groups is 1. The molecule has 0 spiro atoms. The minimum Gasteiger partial charge on any atom is -0.396 e. The summed E-state index contributed by atoms with van der Waals surface area (Å²) in [5.74, 6) is 0.192. The fourth-order valence-corrected chi connectivity index (χ4v) is 3.38. The summed E-state index contributed by atoms with van der Waals surface area (Å²) in [5, 5.41) is 12.2. The predicted octanol–water partition coefficient (Wildman–Crippen LogP) is 1.33. The zero-order chi connectivity index (χ0) is 16.8. The minimum atomic E-state index is -0.0542. The number of rotatable bonds is 6. The molecule has 1 aliphatic heterocycles. The maximum absolute atomic E-state index is 12.2. The van der Waals surface area contributed by atoms with Crippen LogP contribution < -0.4 is 5.32 Å². The van der Waals surface area contributed by atoms with Crippen molar-refractivity contribution in [1.82, 2.24) is 10.2 Å². The molecule has 5 heteroatoms. The molecule has 2 aliphatic rings. The van der Waals surface area contributed by atoms with E-state index in [9.17, 15) is 4.79 Å². The summed E-state index contributed by atoms with van der Waals surface area (Å²) in [5.41, 5.74) is 1.29. The molecule has 130 valence electrons. The molecular formula is C19H26N2O3. The van der Waals surface area contributed by atoms with E-state index in [-0.39, 0.29) is 30.6 Å². The van der Waals surface area contributed by atoms with Crippen LogP contribution in [0.1, 0.15) is 18.4 Å². The lowest BCUT2D eigenvalue weighted by molar-refractivity contribution is -0.126. The first-order valence-corrected chi connectivity index (χ1v) is 8.69. The Bertz CT molecular complexity index is 561. The number of aliphatic hydroxyl groups excluding tert-OH is 1. The number of hydrogen-bond donors (Lipinski definition) is 2. The Morgan fingerprint density at radius 3 is 2.88 bits per heavy atom. The summed E-state index contributed by atoms with van der Waals surface area (Å²) in [6, 6.07) is 10.4. The van der Waals surface area contributed by atoms with E-state index in [1.807, 2.05) is 18.2 Å². The highest BCUT2D eigenvalue weighted by Gasteiger charge is 2.25. The minimum absolute atomic E-state index is 0.0230. The summed E-state index contributed by atoms with van der Waals surface area (Å²) in [7, 11) is 0. The number of carbonyl (C=O) groups is 1. The van der Waals surface area contributed by atoms with Gasteiger partial charge in [0.15, 0.2) is 0 Å². The second-order valence-electron chi connectivity index (χ2n) is 6.65. The first-order chi connectivity index (χ1) is 11.7. The van der Waals surface area contributed by atoms with Crippen LogP contribution in [0.15, 0.2) is 42.5 Å². The number of benzene rings is 1. The molecule has 0 radical (unpaired) electrons. The second kappa shape index (κ2) is 8.42. The zero-order valence-electron chi connectivity index (χ0n) is 13.9. The molecule has 3 rings (SSSR count). The summed E-state index contributed by atoms with van der Waals surface area (Å²) in [6.07, 6.45) is 5.07. The molecule has 24 heavy (non-hydrogen) atoms. The molecule has 1 aliphatic carbocycles. The van der Waals surface area contributed by atoms with Gasteiger partial charge in [-0.05, 0) is 12.0 Å². The van der Waals surface area contributed by atoms with Crippen LogP contribution >= 0.6 is 0 Å². The van der Waals surface area contributed by atoms with E-state index >= 15 is 0 Å². The molecule has 5 nitrogen and oxygen atoms in total. The highest BCUT2D eigenvalue weighted by Crippen LogP contribution is 2.18. The Hall–Kier alpha value is -1.69. The predicted molar refractivity (Wildman–Crippen MR) is 92.3 cm³/mol. The SMILES string of the molecule is O=C(CC1CN(Cc2ccccc2)CCO1)N[C@@H]1C=C[C@H](CO)C1. The van der Waals surface area contributed by atoms with Crippen molar-refractivity contribution in [2.45, 2.75) is 31.5 Å². The Kier molecular flexibility index (Phi) is 6.01. The fraction of sp³-hybridized carbons (Fsp3) is 0.526. The van der Waals surface area contributed by atoms with Crippen LogP contribution in [0.2, 0.25) is 0 Å². The van der Waals surface area contributed by atoms with Gasteiger partial charge >= 0.3 is 0 Å². The summed E-state index contributed by atoms with van der Waals surface area (Å²) < 4.78 is 5.76. The average Bonchev–Trinajstić information content (AvgIpc) is 3.03. The topological polar surface area (TPSA) is 61.8 Å². The van der Waals surface area contributed by atoms with Crippen LogP contribution in [0.4, 0.5) is 0 Å². The maximum Gasteiger partial charge on any atom is 0.223 e. The second-order valence-corrected chi connectivity index (χ2v) is 6.65. The molecule has 3 atom stereocenters. The summed E-state index contributed by atoms with van der Waals surface area (Å²) in [6.45, 7) is 3.38. The van der Waals surface area contributed by atoms with Crippen molar-refractivity contribution in [3.63, 3.8) is 0 Å². The summed E-state index contributed by atoms with van der Waals surface area (Å²) in [4.78, 5) is 14.6. The third-order valence-electron chi connectivity index (χ3n) is 4.64. The van der Waals surface area contributed by atoms with Crippen molar-refractivity contribution in [1.29, 1.82) is 0 Å². The number of ether oxygens (including phenoxy) is 1. The van der Waals surface area contributed by atoms with Crippen LogP contribution in [-0.4, -0.2) is 54.4 Å². The van der Waals surface area contributed by atoms with Gasteiger partial charge in [-0.15, -0.1) is 0 Å². The molecule has 1 fully saturated rings. The first-order valence-electron chi connectivity index (χ1n) is 8.69. The van der Waals surface area contributed by atoms with E-state index in [1.54, 1.807) is 0 Å². The molecule has 0 aromatic heterocycles. The van der Waals surface area contributed by atoms with E-state index in [0.717, 1.165) is 26.1 Å². The maximum atomic E-state index is 12.2. The lowest BCUT2D eigenvalue weighted by atomic mass is 10.1. The average molecular weight is 330 g/mol. The van der Waals surface area contributed by atoms with Crippen LogP contribution in [0.5, 0.6) is 0 Å². The van der Waals surface area contributed by atoms with Crippen LogP contribution in [0, 0.1) is 5.92 Å². The highest BCUT2D eigenvalue weighted by molar-refractivity contribution is 5.77. The van der Waals surface area contributed by atoms with Gasteiger partial charge in [-0.25, -0.2) is 0 Å². The van der Waals surface area contributed by atoms with Gasteiger partial charge in [0.1, 0.15) is 0 Å². The number of morpholine rings is 1. The van der Waals surface area contributed by atoms with Crippen LogP contribution in [0.3, 0.4) is 0 Å². The molecule has 1 unspecified atom stereocenters. The van der Waals surface area contributed by atoms with E-state index in [1.165, 1.54) is 5.56 Å². The Balaban J connectivity index is 1.43. The number of nitrogens with zero attached hydrogens (tertiary/aromatic N) is 1. The standard InChI is InChI=1S/C19H26N2O3/c22-14-16-6-7-17(10-16)20-19(23)11-18-13-21(8-9-24-18)12-15-4-2-1-3-5-15/h1-7,16-18,22H,8-14H2,(H,20,23)/t16-,17+,18?/m0/s1. The first kappa shape index (κ1) is 17.1. The van der Waals surface area contributed by atoms with Crippen LogP contribution in [-0.2, 0) is 16.1 Å². The zero-order valence-corrected chi connectivity index (χ0v) is 13.9. The molecular weight excluding hydrogens is 304 g/mol. The number of nitrogens with one attached hydrogen (secondary N) is 1. The number of carbonyl (C=O) groups excluding carboxylic acids is 1. The Labute approximate surface area is 143 Å². The molecule has 1 aromatic carbocycles. The molecule has 0 saturated carbocycles. The smallest absolute Gasteiger partial charge is 0.223 e. The van der Waals surface area contributed by atoms with Gasteiger partial charge in [0, 0.05) is 38.2 Å². The lowest BCUT2D eigenvalue weighted by Crippen LogP contribution is -2.45. The van der Waals surface area contributed by atoms with Gasteiger partial charge in [-0.1, -0.05) is 42.5 Å². The van der Waals surface area contributed by atoms with E-state index in [0.29, 0.717) is 13.0 Å². The van der Waals surface area contributed by atoms with Gasteiger partial charge in [-0.2, -0.15) is 0 Å². The van der Waals surface area contributed by atoms with Crippen molar-refractivity contribution in [2.24, 2.45) is 5.92 Å². The molecule has 2 N–H and O–H groups in total. The van der Waals surface area contributed by atoms with Gasteiger partial charge in [0.2, 0.25) is 5.91 Å². The number of hydrogen-bond acceptors (Lipinski definition) is 4. The van der Waals surface area contributed by atoms with Crippen molar-refractivity contribution in [3.05, 3.63) is 48.0 Å². The normalized spacial score (nSPS) is 27.3. The van der Waals surface area contributed by atoms with Gasteiger partial charge in [0.05, 0.1) is 19.1 Å². The molecule has 1 heterocycles. The van der Waals surface area contributed by atoms with Gasteiger partial charge in [-0.3, -0.25) is 9.69 Å². The summed E-state index contributed by atoms with van der Waals surface area (Å²) >= 11 is 0. The number of amides is 1. The van der Waals surface area contributed by atoms with E-state index < -0.39 is 0 Å². The Morgan fingerprint density at radius 1 is 1.29 bits per heavy atom. The van der Waals surface area contributed by atoms with E-state index in [4.69, 9.17) is 9.84 Å². The largest absolute Gasteiger partial charge is 0.396 e. The van der Waals surface area contributed by atoms with Crippen molar-refractivity contribution < 1.29 is 14.6 Å². The van der Waals surface area contributed by atoms with E-state index in [2.05, 4.69) is 34.5 Å². The Morgan fingerprint density at radius 2 is 2.12 bits per heavy atom. The van der Waals surface area contributed by atoms with Crippen molar-refractivity contribution in [3.8, 4) is 0 Å². The molecule has 1 aromatic rings. The van der Waals surface area contributed by atoms with Crippen molar-refractivity contribution in [2.75, 3.05) is 26.3 Å². The third-order valence-corrected chi connectivity index (χ3v) is 4.64. The fourth-order valence-electron chi connectivity index (χ4n) is 3.38. The lowest BCUT2D eigenvalue weighted by Gasteiger charge is -2.32. The van der Waals surface area contributed by atoms with Gasteiger partial charge < -0.3 is 15.2 Å². The van der Waals surface area contributed by atoms with Crippen LogP contribution in [0.25, 0.3) is 0 Å². The monoisotopic (exact) mass is 330 g/mol. The van der Waals surface area contributed by atoms with Gasteiger partial charge in [0.25, 0.3) is 0 Å². The molecule has 1 amide bonds. The quantitative estimate of drug-likeness (QED) is 0.773. The van der Waals surface area contributed by atoms with Crippen molar-refractivity contribution >= 4 is 5.91 Å².